The van der Waals surface area contributed by atoms with Gasteiger partial charge in [0.25, 0.3) is 0 Å². The van der Waals surface area contributed by atoms with Crippen LogP contribution in [0.1, 0.15) is 6.42 Å². The maximum absolute atomic E-state index is 12.8. The molecule has 112 valence electrons. The Kier molecular flexibility index (Phi) is 5.33. The topological polar surface area (TPSA) is 26.3 Å². The highest BCUT2D eigenvalue weighted by molar-refractivity contribution is 5.70. The Morgan fingerprint density at radius 2 is 1.63 bits per heavy atom. The van der Waals surface area contributed by atoms with Gasteiger partial charge in [0.05, 0.1) is 0 Å². The first-order valence-electron chi connectivity index (χ1n) is 4.58. The van der Waals surface area contributed by atoms with Gasteiger partial charge in [-0.3, -0.25) is 4.79 Å². The van der Waals surface area contributed by atoms with E-state index in [0.29, 0.717) is 0 Å². The highest BCUT2D eigenvalue weighted by atomic mass is 19.4. The molecule has 0 aliphatic heterocycles. The average Bonchev–Trinajstić information content (AvgIpc) is 2.24. The molecule has 0 bridgehead atoms. The molecule has 10 heteroatoms. The number of ether oxygens (including phenoxy) is 1. The third-order valence-corrected chi connectivity index (χ3v) is 1.88. The lowest BCUT2D eigenvalue weighted by molar-refractivity contribution is -0.338. The molecule has 0 amide bonds. The molecular formula is C9H8F8O2. The third kappa shape index (κ3) is 3.57. The van der Waals surface area contributed by atoms with E-state index >= 15 is 0 Å². The Bertz CT molecular complexity index is 339. The summed E-state index contributed by atoms with van der Waals surface area (Å²) >= 11 is 0. The molecule has 0 N–H and O–H groups in total. The molecule has 0 heterocycles. The van der Waals surface area contributed by atoms with Gasteiger partial charge in [0.1, 0.15) is 13.0 Å². The maximum Gasteiger partial charge on any atom is 0.378 e. The van der Waals surface area contributed by atoms with Crippen molar-refractivity contribution < 1.29 is 44.7 Å². The summed E-state index contributed by atoms with van der Waals surface area (Å²) in [6.07, 6.45) is -6.57. The number of esters is 1. The number of carbonyl (C=O) groups excluding carboxylic acids is 1. The van der Waals surface area contributed by atoms with Gasteiger partial charge < -0.3 is 4.74 Å². The van der Waals surface area contributed by atoms with Crippen molar-refractivity contribution in [2.24, 2.45) is 0 Å². The van der Waals surface area contributed by atoms with Crippen LogP contribution in [0, 0.1) is 0 Å². The van der Waals surface area contributed by atoms with Gasteiger partial charge in [-0.25, -0.2) is 8.78 Å². The summed E-state index contributed by atoms with van der Waals surface area (Å²) < 4.78 is 103. The Balaban J connectivity index is 5.07. The number of alkyl halides is 8. The molecule has 0 aliphatic carbocycles. The van der Waals surface area contributed by atoms with E-state index in [0.717, 1.165) is 6.08 Å². The standard InChI is InChI=1S/C9H8F8O2/c1-2-3-19-5(18)4-7(12,13)9(16,17)8(14,15)6(10)11/h2,6H,1,3-4H2. The minimum Gasteiger partial charge on any atom is -0.461 e. The molecule has 0 aromatic heterocycles. The number of halogens is 8. The molecule has 0 atom stereocenters. The molecule has 0 radical (unpaired) electrons. The van der Waals surface area contributed by atoms with E-state index in [2.05, 4.69) is 11.3 Å². The predicted octanol–water partition coefficient (Wildman–Crippen LogP) is 3.28. The molecule has 19 heavy (non-hydrogen) atoms. The zero-order valence-corrected chi connectivity index (χ0v) is 9.12. The van der Waals surface area contributed by atoms with E-state index < -0.39 is 43.2 Å². The Morgan fingerprint density at radius 1 is 1.16 bits per heavy atom. The molecule has 0 spiro atoms. The van der Waals surface area contributed by atoms with Crippen molar-refractivity contribution in [3.05, 3.63) is 12.7 Å². The predicted molar refractivity (Wildman–Crippen MR) is 46.6 cm³/mol. The van der Waals surface area contributed by atoms with Gasteiger partial charge in [0, 0.05) is 0 Å². The first-order chi connectivity index (χ1) is 8.40. The van der Waals surface area contributed by atoms with Crippen LogP contribution < -0.4 is 0 Å². The molecule has 0 unspecified atom stereocenters. The van der Waals surface area contributed by atoms with Crippen molar-refractivity contribution in [1.82, 2.24) is 0 Å². The van der Waals surface area contributed by atoms with Gasteiger partial charge in [-0.05, 0) is 0 Å². The van der Waals surface area contributed by atoms with Crippen molar-refractivity contribution in [3.8, 4) is 0 Å². The fourth-order valence-corrected chi connectivity index (χ4v) is 0.876. The van der Waals surface area contributed by atoms with E-state index in [1.165, 1.54) is 0 Å². The summed E-state index contributed by atoms with van der Waals surface area (Å²) in [7, 11) is 0. The van der Waals surface area contributed by atoms with Gasteiger partial charge in [0.2, 0.25) is 0 Å². The van der Waals surface area contributed by atoms with Crippen LogP contribution in [-0.2, 0) is 9.53 Å². The van der Waals surface area contributed by atoms with Crippen molar-refractivity contribution in [2.75, 3.05) is 6.61 Å². The van der Waals surface area contributed by atoms with Crippen molar-refractivity contribution in [3.63, 3.8) is 0 Å². The summed E-state index contributed by atoms with van der Waals surface area (Å²) in [6.45, 7) is 2.39. The van der Waals surface area contributed by atoms with Gasteiger partial charge in [-0.15, -0.1) is 0 Å². The van der Waals surface area contributed by atoms with Gasteiger partial charge in [-0.1, -0.05) is 12.7 Å². The van der Waals surface area contributed by atoms with Crippen LogP contribution >= 0.6 is 0 Å². The normalized spacial score (nSPS) is 13.5. The number of rotatable bonds is 7. The fraction of sp³-hybridized carbons (Fsp3) is 0.667. The fourth-order valence-electron chi connectivity index (χ4n) is 0.876. The SMILES string of the molecule is C=CCOC(=O)CC(F)(F)C(F)(F)C(F)(F)C(F)F. The first kappa shape index (κ1) is 17.6. The molecule has 0 aromatic rings. The molecule has 2 nitrogen and oxygen atoms in total. The quantitative estimate of drug-likeness (QED) is 0.410. The largest absolute Gasteiger partial charge is 0.461 e. The zero-order chi connectivity index (χ0) is 15.5. The summed E-state index contributed by atoms with van der Waals surface area (Å²) in [5.41, 5.74) is 0. The lowest BCUT2D eigenvalue weighted by Gasteiger charge is -2.31. The first-order valence-corrected chi connectivity index (χ1v) is 4.58. The van der Waals surface area contributed by atoms with Crippen LogP contribution in [0.4, 0.5) is 35.1 Å². The summed E-state index contributed by atoms with van der Waals surface area (Å²) in [6, 6.07) is 0. The number of hydrogen-bond donors (Lipinski definition) is 0. The second-order valence-corrected chi connectivity index (χ2v) is 3.35. The van der Waals surface area contributed by atoms with Crippen molar-refractivity contribution in [1.29, 1.82) is 0 Å². The van der Waals surface area contributed by atoms with Crippen LogP contribution in [0.25, 0.3) is 0 Å². The smallest absolute Gasteiger partial charge is 0.378 e. The lowest BCUT2D eigenvalue weighted by Crippen LogP contribution is -2.58. The van der Waals surface area contributed by atoms with Crippen LogP contribution in [0.2, 0.25) is 0 Å². The Morgan fingerprint density at radius 3 is 2.00 bits per heavy atom. The zero-order valence-electron chi connectivity index (χ0n) is 9.12. The minimum absolute atomic E-state index is 0.619. The average molecular weight is 300 g/mol. The van der Waals surface area contributed by atoms with Gasteiger partial charge >= 0.3 is 30.2 Å². The van der Waals surface area contributed by atoms with E-state index in [1.807, 2.05) is 0 Å². The number of carbonyl (C=O) groups is 1. The van der Waals surface area contributed by atoms with E-state index in [4.69, 9.17) is 0 Å². The minimum atomic E-state index is -6.40. The maximum atomic E-state index is 12.8. The number of hydrogen-bond acceptors (Lipinski definition) is 2. The summed E-state index contributed by atoms with van der Waals surface area (Å²) in [5, 5.41) is 0. The van der Waals surface area contributed by atoms with Crippen molar-refractivity contribution in [2.45, 2.75) is 30.6 Å². The summed E-state index contributed by atoms with van der Waals surface area (Å²) in [5.74, 6) is -20.3. The van der Waals surface area contributed by atoms with Gasteiger partial charge in [-0.2, -0.15) is 26.3 Å². The molecule has 0 aliphatic rings. The molecule has 0 aromatic carbocycles. The molecule has 0 saturated carbocycles. The van der Waals surface area contributed by atoms with Gasteiger partial charge in [0.15, 0.2) is 0 Å². The molecule has 0 fully saturated rings. The van der Waals surface area contributed by atoms with Crippen LogP contribution in [-0.4, -0.2) is 36.8 Å². The Labute approximate surface area is 102 Å². The van der Waals surface area contributed by atoms with E-state index in [-0.39, 0.29) is 0 Å². The van der Waals surface area contributed by atoms with Crippen LogP contribution in [0.3, 0.4) is 0 Å². The highest BCUT2D eigenvalue weighted by Crippen LogP contribution is 2.49. The molecular weight excluding hydrogens is 292 g/mol. The monoisotopic (exact) mass is 300 g/mol. The summed E-state index contributed by atoms with van der Waals surface area (Å²) in [4.78, 5) is 10.6. The molecule has 0 rings (SSSR count). The van der Waals surface area contributed by atoms with E-state index in [9.17, 15) is 39.9 Å². The second kappa shape index (κ2) is 5.74. The third-order valence-electron chi connectivity index (χ3n) is 1.88. The van der Waals surface area contributed by atoms with Crippen molar-refractivity contribution >= 4 is 5.97 Å². The lowest BCUT2D eigenvalue weighted by atomic mass is 10.0. The molecule has 0 saturated heterocycles. The highest BCUT2D eigenvalue weighted by Gasteiger charge is 2.75. The van der Waals surface area contributed by atoms with Crippen LogP contribution in [0.5, 0.6) is 0 Å². The van der Waals surface area contributed by atoms with Crippen LogP contribution in [0.15, 0.2) is 12.7 Å². The van der Waals surface area contributed by atoms with E-state index in [1.54, 1.807) is 0 Å². The Hall–Kier alpha value is -1.35. The second-order valence-electron chi connectivity index (χ2n) is 3.35.